The van der Waals surface area contributed by atoms with Crippen LogP contribution in [0.4, 0.5) is 0 Å². The van der Waals surface area contributed by atoms with Gasteiger partial charge in [0, 0.05) is 10.0 Å². The van der Waals surface area contributed by atoms with Crippen molar-refractivity contribution in [2.24, 2.45) is 5.10 Å². The fourth-order valence-electron chi connectivity index (χ4n) is 2.95. The van der Waals surface area contributed by atoms with Gasteiger partial charge in [-0.15, -0.1) is 0 Å². The van der Waals surface area contributed by atoms with E-state index < -0.39 is 0 Å². The second kappa shape index (κ2) is 13.0. The summed E-state index contributed by atoms with van der Waals surface area (Å²) in [5.41, 5.74) is 4.66. The normalized spacial score (nSPS) is 10.8. The molecular formula is C26H26BrClN2O4. The van der Waals surface area contributed by atoms with Crippen molar-refractivity contribution in [3.63, 3.8) is 0 Å². The average molecular weight is 546 g/mol. The second-order valence-electron chi connectivity index (χ2n) is 7.25. The van der Waals surface area contributed by atoms with Crippen LogP contribution in [0.3, 0.4) is 0 Å². The Bertz CT molecular complexity index is 1120. The lowest BCUT2D eigenvalue weighted by Gasteiger charge is -2.14. The molecule has 1 amide bonds. The van der Waals surface area contributed by atoms with E-state index in [1.165, 1.54) is 6.21 Å². The number of rotatable bonds is 11. The molecule has 0 atom stereocenters. The lowest BCUT2D eigenvalue weighted by atomic mass is 10.2. The number of hydrogen-bond donors (Lipinski definition) is 1. The number of carbonyl (C=O) groups excluding carboxylic acids is 1. The van der Waals surface area contributed by atoms with Crippen molar-refractivity contribution in [2.45, 2.75) is 26.9 Å². The number of ether oxygens (including phenoxy) is 3. The first kappa shape index (κ1) is 25.6. The quantitative estimate of drug-likeness (QED) is 0.217. The van der Waals surface area contributed by atoms with Crippen LogP contribution in [0.15, 0.2) is 70.2 Å². The summed E-state index contributed by atoms with van der Waals surface area (Å²) in [6.45, 7) is 5.34. The molecule has 34 heavy (non-hydrogen) atoms. The van der Waals surface area contributed by atoms with Crippen molar-refractivity contribution in [2.75, 3.05) is 13.2 Å². The summed E-state index contributed by atoms with van der Waals surface area (Å²) < 4.78 is 18.2. The molecule has 3 aromatic rings. The summed E-state index contributed by atoms with van der Waals surface area (Å²) in [6, 6.07) is 18.2. The van der Waals surface area contributed by atoms with Gasteiger partial charge in [0.05, 0.1) is 24.5 Å². The molecule has 1 N–H and O–H groups in total. The third-order valence-corrected chi connectivity index (χ3v) is 5.41. The molecular weight excluding hydrogens is 520 g/mol. The summed E-state index contributed by atoms with van der Waals surface area (Å²) in [5.74, 6) is 1.35. The lowest BCUT2D eigenvalue weighted by molar-refractivity contribution is 0.0955. The smallest absolute Gasteiger partial charge is 0.271 e. The molecule has 0 aliphatic heterocycles. The third-order valence-electron chi connectivity index (χ3n) is 4.60. The van der Waals surface area contributed by atoms with E-state index >= 15 is 0 Å². The highest BCUT2D eigenvalue weighted by molar-refractivity contribution is 9.10. The van der Waals surface area contributed by atoms with Gasteiger partial charge in [0.1, 0.15) is 12.4 Å². The zero-order chi connectivity index (χ0) is 24.3. The minimum atomic E-state index is -0.330. The fraction of sp³-hybridized carbons (Fsp3) is 0.231. The van der Waals surface area contributed by atoms with Gasteiger partial charge >= 0.3 is 0 Å². The first-order valence-electron chi connectivity index (χ1n) is 10.9. The van der Waals surface area contributed by atoms with Crippen molar-refractivity contribution in [1.82, 2.24) is 5.43 Å². The number of nitrogens with one attached hydrogen (secondary N) is 1. The SMILES string of the molecule is CCCOc1ccc(C(=O)N/N=C/c2cc(Cl)c(OCc3ccc(Br)cc3)c(OCC)c2)cc1. The number of halogens is 2. The monoisotopic (exact) mass is 544 g/mol. The van der Waals surface area contributed by atoms with E-state index in [-0.39, 0.29) is 5.91 Å². The van der Waals surface area contributed by atoms with E-state index in [0.717, 1.165) is 22.2 Å². The highest BCUT2D eigenvalue weighted by Gasteiger charge is 2.13. The molecule has 0 unspecified atom stereocenters. The van der Waals surface area contributed by atoms with Gasteiger partial charge < -0.3 is 14.2 Å². The second-order valence-corrected chi connectivity index (χ2v) is 8.57. The molecule has 0 saturated carbocycles. The van der Waals surface area contributed by atoms with Crippen molar-refractivity contribution >= 4 is 39.7 Å². The molecule has 0 saturated heterocycles. The number of amides is 1. The molecule has 0 spiro atoms. The molecule has 0 bridgehead atoms. The Morgan fingerprint density at radius 2 is 1.76 bits per heavy atom. The first-order chi connectivity index (χ1) is 16.5. The Morgan fingerprint density at radius 3 is 2.44 bits per heavy atom. The molecule has 0 aliphatic carbocycles. The van der Waals surface area contributed by atoms with Crippen LogP contribution in [0.1, 0.15) is 41.8 Å². The predicted octanol–water partition coefficient (Wildman–Crippen LogP) is 6.63. The molecule has 8 heteroatoms. The summed E-state index contributed by atoms with van der Waals surface area (Å²) in [6.07, 6.45) is 2.42. The molecule has 178 valence electrons. The highest BCUT2D eigenvalue weighted by Crippen LogP contribution is 2.37. The van der Waals surface area contributed by atoms with Crippen LogP contribution < -0.4 is 19.6 Å². The van der Waals surface area contributed by atoms with Crippen LogP contribution in [0.2, 0.25) is 5.02 Å². The van der Waals surface area contributed by atoms with E-state index in [1.807, 2.05) is 38.1 Å². The van der Waals surface area contributed by atoms with Crippen LogP contribution in [0.25, 0.3) is 0 Å². The van der Waals surface area contributed by atoms with Gasteiger partial charge in [-0.2, -0.15) is 5.10 Å². The van der Waals surface area contributed by atoms with Crippen molar-refractivity contribution < 1.29 is 19.0 Å². The van der Waals surface area contributed by atoms with Gasteiger partial charge in [0.2, 0.25) is 0 Å². The van der Waals surface area contributed by atoms with Crippen LogP contribution in [-0.4, -0.2) is 25.3 Å². The van der Waals surface area contributed by atoms with Gasteiger partial charge in [-0.25, -0.2) is 5.43 Å². The van der Waals surface area contributed by atoms with E-state index in [2.05, 4.69) is 26.5 Å². The molecule has 6 nitrogen and oxygen atoms in total. The molecule has 0 fully saturated rings. The Kier molecular flexibility index (Phi) is 9.79. The Hall–Kier alpha value is -3.03. The van der Waals surface area contributed by atoms with Gasteiger partial charge in [0.25, 0.3) is 5.91 Å². The zero-order valence-corrected chi connectivity index (χ0v) is 21.4. The summed E-state index contributed by atoms with van der Waals surface area (Å²) in [4.78, 5) is 12.4. The van der Waals surface area contributed by atoms with E-state index in [4.69, 9.17) is 25.8 Å². The standard InChI is InChI=1S/C26H26BrClN2O4/c1-3-13-33-22-11-7-20(8-12-22)26(31)30-29-16-19-14-23(28)25(24(15-19)32-4-2)34-17-18-5-9-21(27)10-6-18/h5-12,14-16H,3-4,13,17H2,1-2H3,(H,30,31)/b29-16+. The van der Waals surface area contributed by atoms with E-state index in [0.29, 0.717) is 47.5 Å². The van der Waals surface area contributed by atoms with Crippen LogP contribution in [0.5, 0.6) is 17.2 Å². The van der Waals surface area contributed by atoms with Gasteiger partial charge in [-0.1, -0.05) is 46.6 Å². The number of hydrazone groups is 1. The highest BCUT2D eigenvalue weighted by atomic mass is 79.9. The van der Waals surface area contributed by atoms with Gasteiger partial charge in [-0.3, -0.25) is 4.79 Å². The van der Waals surface area contributed by atoms with Crippen LogP contribution in [0, 0.1) is 0 Å². The zero-order valence-electron chi connectivity index (χ0n) is 19.0. The first-order valence-corrected chi connectivity index (χ1v) is 12.1. The van der Waals surface area contributed by atoms with Crippen LogP contribution in [-0.2, 0) is 6.61 Å². The number of hydrogen-bond acceptors (Lipinski definition) is 5. The van der Waals surface area contributed by atoms with Crippen LogP contribution >= 0.6 is 27.5 Å². The maximum Gasteiger partial charge on any atom is 0.271 e. The van der Waals surface area contributed by atoms with Gasteiger partial charge in [0.15, 0.2) is 11.5 Å². The molecule has 0 heterocycles. The maximum atomic E-state index is 12.4. The molecule has 3 aromatic carbocycles. The number of nitrogens with zero attached hydrogens (tertiary/aromatic N) is 1. The topological polar surface area (TPSA) is 69.2 Å². The lowest BCUT2D eigenvalue weighted by Crippen LogP contribution is -2.17. The number of benzene rings is 3. The Balaban J connectivity index is 1.65. The van der Waals surface area contributed by atoms with E-state index in [9.17, 15) is 4.79 Å². The van der Waals surface area contributed by atoms with Gasteiger partial charge in [-0.05, 0) is 73.0 Å². The largest absolute Gasteiger partial charge is 0.494 e. The third kappa shape index (κ3) is 7.50. The average Bonchev–Trinajstić information content (AvgIpc) is 2.84. The summed E-state index contributed by atoms with van der Waals surface area (Å²) in [5, 5.41) is 4.44. The molecule has 3 rings (SSSR count). The van der Waals surface area contributed by atoms with Crippen molar-refractivity contribution in [3.05, 3.63) is 86.8 Å². The maximum absolute atomic E-state index is 12.4. The minimum Gasteiger partial charge on any atom is -0.494 e. The minimum absolute atomic E-state index is 0.330. The van der Waals surface area contributed by atoms with E-state index in [1.54, 1.807) is 36.4 Å². The van der Waals surface area contributed by atoms with Crippen molar-refractivity contribution in [1.29, 1.82) is 0 Å². The van der Waals surface area contributed by atoms with Crippen molar-refractivity contribution in [3.8, 4) is 17.2 Å². The Morgan fingerprint density at radius 1 is 1.03 bits per heavy atom. The molecule has 0 aliphatic rings. The number of carbonyl (C=O) groups is 1. The molecule has 0 aromatic heterocycles. The summed E-state index contributed by atoms with van der Waals surface area (Å²) >= 11 is 9.90. The fourth-order valence-corrected chi connectivity index (χ4v) is 3.49. The Labute approximate surface area is 213 Å². The molecule has 0 radical (unpaired) electrons. The summed E-state index contributed by atoms with van der Waals surface area (Å²) in [7, 11) is 0. The predicted molar refractivity (Wildman–Crippen MR) is 138 cm³/mol.